The van der Waals surface area contributed by atoms with Crippen molar-refractivity contribution in [3.8, 4) is 0 Å². The van der Waals surface area contributed by atoms with Gasteiger partial charge < -0.3 is 9.72 Å². The number of carbonyl (C=O) groups is 4. The maximum Gasteiger partial charge on any atom is 0.308 e. The number of aromatic nitrogens is 1. The van der Waals surface area contributed by atoms with Crippen LogP contribution in [-0.2, 0) is 19.1 Å². The number of ketones is 1. The Morgan fingerprint density at radius 1 is 1.13 bits per heavy atom. The number of esters is 1. The predicted octanol–water partition coefficient (Wildman–Crippen LogP) is 3.16. The lowest BCUT2D eigenvalue weighted by Crippen LogP contribution is -2.34. The molecule has 1 aromatic heterocycles. The van der Waals surface area contributed by atoms with Gasteiger partial charge in [0.15, 0.2) is 6.10 Å². The molecule has 1 aromatic carbocycles. The van der Waals surface area contributed by atoms with E-state index in [-0.39, 0.29) is 42.4 Å². The van der Waals surface area contributed by atoms with Gasteiger partial charge in [0.25, 0.3) is 0 Å². The minimum absolute atomic E-state index is 0.0104. The number of benzene rings is 1. The van der Waals surface area contributed by atoms with E-state index >= 15 is 0 Å². The summed E-state index contributed by atoms with van der Waals surface area (Å²) in [6.45, 7) is 3.37. The minimum Gasteiger partial charge on any atom is -0.454 e. The van der Waals surface area contributed by atoms with Gasteiger partial charge in [-0.15, -0.1) is 0 Å². The Hall–Kier alpha value is -2.96. The van der Waals surface area contributed by atoms with Crippen molar-refractivity contribution in [3.63, 3.8) is 0 Å². The highest BCUT2D eigenvalue weighted by Gasteiger charge is 2.47. The summed E-state index contributed by atoms with van der Waals surface area (Å²) in [5.41, 5.74) is 2.09. The van der Waals surface area contributed by atoms with E-state index in [1.807, 2.05) is 31.2 Å². The summed E-state index contributed by atoms with van der Waals surface area (Å²) in [5.74, 6) is -1.67. The molecule has 1 N–H and O–H groups in total. The Balaban J connectivity index is 1.37. The molecule has 2 aliphatic rings. The van der Waals surface area contributed by atoms with E-state index in [0.29, 0.717) is 5.56 Å². The number of nitrogens with zero attached hydrogens (tertiary/aromatic N) is 1. The zero-order valence-corrected chi connectivity index (χ0v) is 17.3. The molecule has 158 valence electrons. The van der Waals surface area contributed by atoms with Gasteiger partial charge in [-0.25, -0.2) is 0 Å². The average molecular weight is 410 g/mol. The van der Waals surface area contributed by atoms with Crippen molar-refractivity contribution in [2.75, 3.05) is 6.54 Å². The van der Waals surface area contributed by atoms with Crippen LogP contribution in [0.2, 0.25) is 0 Å². The fourth-order valence-corrected chi connectivity index (χ4v) is 4.76. The van der Waals surface area contributed by atoms with E-state index in [4.69, 9.17) is 4.74 Å². The summed E-state index contributed by atoms with van der Waals surface area (Å²) >= 11 is 0. The quantitative estimate of drug-likeness (QED) is 0.448. The molecule has 1 saturated heterocycles. The Morgan fingerprint density at radius 2 is 1.77 bits per heavy atom. The number of para-hydroxylation sites is 1. The van der Waals surface area contributed by atoms with E-state index in [1.165, 1.54) is 4.90 Å². The summed E-state index contributed by atoms with van der Waals surface area (Å²) < 4.78 is 5.34. The van der Waals surface area contributed by atoms with Crippen LogP contribution in [0.5, 0.6) is 0 Å². The Labute approximate surface area is 174 Å². The monoisotopic (exact) mass is 410 g/mol. The molecule has 0 bridgehead atoms. The normalized spacial score (nSPS) is 22.3. The van der Waals surface area contributed by atoms with Crippen LogP contribution in [0.1, 0.15) is 55.1 Å². The molecule has 2 amide bonds. The van der Waals surface area contributed by atoms with Crippen molar-refractivity contribution in [1.82, 2.24) is 9.88 Å². The third-order valence-corrected chi connectivity index (χ3v) is 6.29. The molecule has 1 saturated carbocycles. The van der Waals surface area contributed by atoms with Gasteiger partial charge in [0, 0.05) is 28.7 Å². The molecule has 7 heteroatoms. The molecule has 30 heavy (non-hydrogen) atoms. The summed E-state index contributed by atoms with van der Waals surface area (Å²) in [6, 6.07) is 7.47. The molecule has 0 spiro atoms. The fourth-order valence-electron chi connectivity index (χ4n) is 4.76. The number of hydrogen-bond acceptors (Lipinski definition) is 5. The topological polar surface area (TPSA) is 96.5 Å². The standard InChI is InChI=1S/C23H26N2O5/c1-13-20(17-9-5-6-10-18(17)24-13)21(27)14(2)30-19(26)11-12-25-22(28)15-7-3-4-8-16(15)23(25)29/h5-6,9-10,14-16,24H,3-4,7-8,11-12H2,1-2H3/t14-,15-,16+/m1/s1. The number of aryl methyl sites for hydroxylation is 1. The van der Waals surface area contributed by atoms with Gasteiger partial charge in [-0.05, 0) is 32.8 Å². The highest BCUT2D eigenvalue weighted by atomic mass is 16.5. The van der Waals surface area contributed by atoms with E-state index in [1.54, 1.807) is 6.92 Å². The molecule has 0 radical (unpaired) electrons. The van der Waals surface area contributed by atoms with Crippen LogP contribution >= 0.6 is 0 Å². The minimum atomic E-state index is -0.956. The first-order chi connectivity index (χ1) is 14.4. The number of carbonyl (C=O) groups excluding carboxylic acids is 4. The number of likely N-dealkylation sites (tertiary alicyclic amines) is 1. The number of fused-ring (bicyclic) bond motifs is 2. The Kier molecular flexibility index (Phi) is 5.45. The lowest BCUT2D eigenvalue weighted by Gasteiger charge is -2.19. The largest absolute Gasteiger partial charge is 0.454 e. The second-order valence-electron chi connectivity index (χ2n) is 8.24. The van der Waals surface area contributed by atoms with Crippen molar-refractivity contribution in [2.24, 2.45) is 11.8 Å². The number of nitrogens with one attached hydrogen (secondary N) is 1. The average Bonchev–Trinajstić information content (AvgIpc) is 3.19. The number of H-pyrrole nitrogens is 1. The van der Waals surface area contributed by atoms with Crippen LogP contribution in [0, 0.1) is 18.8 Å². The van der Waals surface area contributed by atoms with Crippen LogP contribution in [-0.4, -0.2) is 46.1 Å². The molecule has 3 atom stereocenters. The molecular formula is C23H26N2O5. The van der Waals surface area contributed by atoms with Crippen LogP contribution in [0.25, 0.3) is 10.9 Å². The zero-order valence-electron chi connectivity index (χ0n) is 17.3. The summed E-state index contributed by atoms with van der Waals surface area (Å²) in [7, 11) is 0. The molecule has 0 unspecified atom stereocenters. The number of hydrogen-bond donors (Lipinski definition) is 1. The van der Waals surface area contributed by atoms with Crippen LogP contribution in [0.3, 0.4) is 0 Å². The van der Waals surface area contributed by atoms with Gasteiger partial charge in [-0.3, -0.25) is 24.1 Å². The van der Waals surface area contributed by atoms with Crippen LogP contribution < -0.4 is 0 Å². The van der Waals surface area contributed by atoms with Gasteiger partial charge in [0.05, 0.1) is 18.3 Å². The second kappa shape index (κ2) is 8.05. The molecule has 7 nitrogen and oxygen atoms in total. The Morgan fingerprint density at radius 3 is 2.43 bits per heavy atom. The lowest BCUT2D eigenvalue weighted by molar-refractivity contribution is -0.147. The highest BCUT2D eigenvalue weighted by Crippen LogP contribution is 2.38. The number of imide groups is 1. The number of rotatable bonds is 6. The number of amides is 2. The van der Waals surface area contributed by atoms with Crippen molar-refractivity contribution in [1.29, 1.82) is 0 Å². The van der Waals surface area contributed by atoms with Crippen molar-refractivity contribution in [2.45, 2.75) is 52.1 Å². The summed E-state index contributed by atoms with van der Waals surface area (Å²) in [5, 5.41) is 0.791. The third-order valence-electron chi connectivity index (χ3n) is 6.29. The zero-order chi connectivity index (χ0) is 21.4. The lowest BCUT2D eigenvalue weighted by atomic mass is 9.81. The van der Waals surface area contributed by atoms with Crippen molar-refractivity contribution in [3.05, 3.63) is 35.5 Å². The summed E-state index contributed by atoms with van der Waals surface area (Å²) in [6.07, 6.45) is 2.34. The smallest absolute Gasteiger partial charge is 0.308 e. The molecular weight excluding hydrogens is 384 g/mol. The van der Waals surface area contributed by atoms with E-state index < -0.39 is 12.1 Å². The predicted molar refractivity (Wildman–Crippen MR) is 110 cm³/mol. The van der Waals surface area contributed by atoms with Crippen molar-refractivity contribution < 1.29 is 23.9 Å². The number of ether oxygens (including phenoxy) is 1. The first-order valence-electron chi connectivity index (χ1n) is 10.5. The Bertz CT molecular complexity index is 1000. The van der Waals surface area contributed by atoms with Gasteiger partial charge in [-0.2, -0.15) is 0 Å². The first kappa shape index (κ1) is 20.3. The fraction of sp³-hybridized carbons (Fsp3) is 0.478. The van der Waals surface area contributed by atoms with Crippen LogP contribution in [0.4, 0.5) is 0 Å². The maximum atomic E-state index is 12.9. The van der Waals surface area contributed by atoms with E-state index in [2.05, 4.69) is 4.98 Å². The molecule has 2 aromatic rings. The number of Topliss-reactive ketones (excluding diaryl/α,β-unsaturated/α-hetero) is 1. The molecule has 1 aliphatic heterocycles. The molecule has 1 aliphatic carbocycles. The molecule has 4 rings (SSSR count). The second-order valence-corrected chi connectivity index (χ2v) is 8.24. The third kappa shape index (κ3) is 3.53. The van der Waals surface area contributed by atoms with Crippen molar-refractivity contribution >= 4 is 34.5 Å². The molecule has 2 heterocycles. The highest BCUT2D eigenvalue weighted by molar-refractivity contribution is 6.11. The van der Waals surface area contributed by atoms with Crippen LogP contribution in [0.15, 0.2) is 24.3 Å². The van der Waals surface area contributed by atoms with Gasteiger partial charge >= 0.3 is 5.97 Å². The number of aromatic amines is 1. The van der Waals surface area contributed by atoms with Gasteiger partial charge in [-0.1, -0.05) is 31.0 Å². The SMILES string of the molecule is Cc1[nH]c2ccccc2c1C(=O)[C@@H](C)OC(=O)CCN1C(=O)[C@H]2CCCC[C@H]2C1=O. The van der Waals surface area contributed by atoms with E-state index in [9.17, 15) is 19.2 Å². The summed E-state index contributed by atoms with van der Waals surface area (Å²) in [4.78, 5) is 54.6. The molecule has 2 fully saturated rings. The van der Waals surface area contributed by atoms with E-state index in [0.717, 1.165) is 42.3 Å². The maximum absolute atomic E-state index is 12.9. The van der Waals surface area contributed by atoms with Gasteiger partial charge in [0.1, 0.15) is 0 Å². The first-order valence-corrected chi connectivity index (χ1v) is 10.5. The van der Waals surface area contributed by atoms with Gasteiger partial charge in [0.2, 0.25) is 17.6 Å².